The van der Waals surface area contributed by atoms with Crippen LogP contribution in [0.15, 0.2) is 18.2 Å². The SMILES string of the molecule is O=[N+]([O-])c1ccc(Cl)cc1NC1CC2CCC1C2. The Bertz CT molecular complexity index is 492. The van der Waals surface area contributed by atoms with Gasteiger partial charge in [-0.2, -0.15) is 0 Å². The van der Waals surface area contributed by atoms with Gasteiger partial charge in [0.1, 0.15) is 5.69 Å². The van der Waals surface area contributed by atoms with Crippen molar-refractivity contribution in [3.05, 3.63) is 33.3 Å². The van der Waals surface area contributed by atoms with Crippen LogP contribution in [0.3, 0.4) is 0 Å². The van der Waals surface area contributed by atoms with Gasteiger partial charge in [0.15, 0.2) is 0 Å². The molecule has 4 nitrogen and oxygen atoms in total. The van der Waals surface area contributed by atoms with Crippen LogP contribution in [0.5, 0.6) is 0 Å². The van der Waals surface area contributed by atoms with E-state index in [9.17, 15) is 10.1 Å². The van der Waals surface area contributed by atoms with Crippen LogP contribution >= 0.6 is 11.6 Å². The molecule has 2 fully saturated rings. The second-order valence-electron chi connectivity index (χ2n) is 5.34. The molecule has 3 atom stereocenters. The molecular formula is C13H15ClN2O2. The lowest BCUT2D eigenvalue weighted by Crippen LogP contribution is -2.26. The lowest BCUT2D eigenvalue weighted by Gasteiger charge is -2.23. The van der Waals surface area contributed by atoms with E-state index >= 15 is 0 Å². The molecular weight excluding hydrogens is 252 g/mol. The molecule has 2 aliphatic rings. The van der Waals surface area contributed by atoms with Crippen LogP contribution in [0.25, 0.3) is 0 Å². The highest BCUT2D eigenvalue weighted by Gasteiger charge is 2.40. The highest BCUT2D eigenvalue weighted by molar-refractivity contribution is 6.31. The molecule has 1 N–H and O–H groups in total. The van der Waals surface area contributed by atoms with Gasteiger partial charge in [0.25, 0.3) is 5.69 Å². The van der Waals surface area contributed by atoms with Gasteiger partial charge in [-0.05, 0) is 43.2 Å². The maximum Gasteiger partial charge on any atom is 0.292 e. The third kappa shape index (κ3) is 2.05. The first-order valence-corrected chi connectivity index (χ1v) is 6.72. The number of anilines is 1. The third-order valence-electron chi connectivity index (χ3n) is 4.23. The van der Waals surface area contributed by atoms with E-state index in [2.05, 4.69) is 5.32 Å². The Kier molecular flexibility index (Phi) is 2.90. The molecule has 18 heavy (non-hydrogen) atoms. The molecule has 1 aromatic carbocycles. The first-order chi connectivity index (χ1) is 8.63. The Morgan fingerprint density at radius 2 is 2.17 bits per heavy atom. The van der Waals surface area contributed by atoms with Crippen molar-refractivity contribution in [2.75, 3.05) is 5.32 Å². The molecule has 0 aliphatic heterocycles. The molecule has 0 heterocycles. The van der Waals surface area contributed by atoms with Crippen molar-refractivity contribution < 1.29 is 4.92 Å². The zero-order chi connectivity index (χ0) is 12.7. The van der Waals surface area contributed by atoms with Crippen molar-refractivity contribution in [1.29, 1.82) is 0 Å². The summed E-state index contributed by atoms with van der Waals surface area (Å²) in [7, 11) is 0. The Morgan fingerprint density at radius 3 is 2.78 bits per heavy atom. The van der Waals surface area contributed by atoms with Crippen molar-refractivity contribution in [1.82, 2.24) is 0 Å². The minimum atomic E-state index is -0.355. The molecule has 3 rings (SSSR count). The fourth-order valence-electron chi connectivity index (χ4n) is 3.40. The molecule has 2 aliphatic carbocycles. The number of benzene rings is 1. The van der Waals surface area contributed by atoms with Gasteiger partial charge in [-0.15, -0.1) is 0 Å². The van der Waals surface area contributed by atoms with E-state index in [4.69, 9.17) is 11.6 Å². The lowest BCUT2D eigenvalue weighted by molar-refractivity contribution is -0.384. The van der Waals surface area contributed by atoms with Crippen LogP contribution in [-0.4, -0.2) is 11.0 Å². The van der Waals surface area contributed by atoms with Gasteiger partial charge in [0.05, 0.1) is 4.92 Å². The minimum Gasteiger partial charge on any atom is -0.376 e. The Labute approximate surface area is 110 Å². The van der Waals surface area contributed by atoms with Gasteiger partial charge >= 0.3 is 0 Å². The summed E-state index contributed by atoms with van der Waals surface area (Å²) < 4.78 is 0. The first-order valence-electron chi connectivity index (χ1n) is 6.34. The molecule has 0 amide bonds. The van der Waals surface area contributed by atoms with Crippen LogP contribution in [-0.2, 0) is 0 Å². The second-order valence-corrected chi connectivity index (χ2v) is 5.78. The van der Waals surface area contributed by atoms with E-state index in [1.165, 1.54) is 25.3 Å². The third-order valence-corrected chi connectivity index (χ3v) is 4.47. The zero-order valence-corrected chi connectivity index (χ0v) is 10.7. The maximum absolute atomic E-state index is 11.0. The molecule has 5 heteroatoms. The summed E-state index contributed by atoms with van der Waals surface area (Å²) in [5.41, 5.74) is 0.673. The summed E-state index contributed by atoms with van der Waals surface area (Å²) >= 11 is 5.92. The molecule has 2 bridgehead atoms. The Balaban J connectivity index is 1.83. The standard InChI is InChI=1S/C13H15ClN2O2/c14-10-3-4-13(16(17)18)12(7-10)15-11-6-8-1-2-9(11)5-8/h3-4,7-9,11,15H,1-2,5-6H2. The summed E-state index contributed by atoms with van der Waals surface area (Å²) in [5.74, 6) is 1.49. The van der Waals surface area contributed by atoms with Gasteiger partial charge in [-0.1, -0.05) is 18.0 Å². The van der Waals surface area contributed by atoms with Crippen molar-refractivity contribution in [3.63, 3.8) is 0 Å². The average molecular weight is 267 g/mol. The van der Waals surface area contributed by atoms with E-state index < -0.39 is 0 Å². The van der Waals surface area contributed by atoms with E-state index in [0.29, 0.717) is 22.7 Å². The van der Waals surface area contributed by atoms with E-state index in [0.717, 1.165) is 12.3 Å². The van der Waals surface area contributed by atoms with Crippen LogP contribution in [0.2, 0.25) is 5.02 Å². The first kappa shape index (κ1) is 11.8. The summed E-state index contributed by atoms with van der Waals surface area (Å²) in [4.78, 5) is 10.6. The fourth-order valence-corrected chi connectivity index (χ4v) is 3.58. The number of halogens is 1. The average Bonchev–Trinajstić information content (AvgIpc) is 2.90. The van der Waals surface area contributed by atoms with Crippen molar-refractivity contribution in [3.8, 4) is 0 Å². The van der Waals surface area contributed by atoms with E-state index in [1.807, 2.05) is 0 Å². The highest BCUT2D eigenvalue weighted by Crippen LogP contribution is 2.46. The fraction of sp³-hybridized carbons (Fsp3) is 0.538. The van der Waals surface area contributed by atoms with Crippen LogP contribution in [0.4, 0.5) is 11.4 Å². The van der Waals surface area contributed by atoms with Gasteiger partial charge in [0.2, 0.25) is 0 Å². The topological polar surface area (TPSA) is 55.2 Å². The summed E-state index contributed by atoms with van der Waals surface area (Å²) in [6.07, 6.45) is 4.97. The lowest BCUT2D eigenvalue weighted by atomic mass is 9.95. The Hall–Kier alpha value is -1.29. The zero-order valence-electron chi connectivity index (χ0n) is 9.93. The summed E-state index contributed by atoms with van der Waals surface area (Å²) in [6, 6.07) is 5.07. The van der Waals surface area contributed by atoms with Gasteiger partial charge in [-0.3, -0.25) is 10.1 Å². The monoisotopic (exact) mass is 266 g/mol. The van der Waals surface area contributed by atoms with Crippen molar-refractivity contribution in [2.24, 2.45) is 11.8 Å². The predicted molar refractivity (Wildman–Crippen MR) is 71.0 cm³/mol. The molecule has 0 radical (unpaired) electrons. The number of nitro benzene ring substituents is 1. The van der Waals surface area contributed by atoms with Crippen LogP contribution in [0.1, 0.15) is 25.7 Å². The van der Waals surface area contributed by atoms with Crippen molar-refractivity contribution in [2.45, 2.75) is 31.7 Å². The van der Waals surface area contributed by atoms with Crippen molar-refractivity contribution >= 4 is 23.0 Å². The van der Waals surface area contributed by atoms with Gasteiger partial charge < -0.3 is 5.32 Å². The number of fused-ring (bicyclic) bond motifs is 2. The molecule has 0 saturated heterocycles. The van der Waals surface area contributed by atoms with Gasteiger partial charge in [0, 0.05) is 17.1 Å². The molecule has 0 aromatic heterocycles. The second kappa shape index (κ2) is 4.43. The molecule has 2 saturated carbocycles. The predicted octanol–water partition coefficient (Wildman–Crippen LogP) is 3.85. The largest absolute Gasteiger partial charge is 0.376 e. The molecule has 96 valence electrons. The van der Waals surface area contributed by atoms with E-state index in [1.54, 1.807) is 12.1 Å². The minimum absolute atomic E-state index is 0.113. The summed E-state index contributed by atoms with van der Waals surface area (Å²) in [5, 5.41) is 14.9. The van der Waals surface area contributed by atoms with Crippen LogP contribution < -0.4 is 5.32 Å². The van der Waals surface area contributed by atoms with Gasteiger partial charge in [-0.25, -0.2) is 0 Å². The Morgan fingerprint density at radius 1 is 1.33 bits per heavy atom. The summed E-state index contributed by atoms with van der Waals surface area (Å²) in [6.45, 7) is 0. The number of hydrogen-bond acceptors (Lipinski definition) is 3. The number of nitro groups is 1. The van der Waals surface area contributed by atoms with Crippen LogP contribution in [0, 0.1) is 22.0 Å². The maximum atomic E-state index is 11.0. The normalized spacial score (nSPS) is 29.5. The number of nitrogens with zero attached hydrogens (tertiary/aromatic N) is 1. The van der Waals surface area contributed by atoms with E-state index in [-0.39, 0.29) is 10.6 Å². The highest BCUT2D eigenvalue weighted by atomic mass is 35.5. The molecule has 0 spiro atoms. The number of rotatable bonds is 3. The quantitative estimate of drug-likeness (QED) is 0.668. The molecule has 3 unspecified atom stereocenters. The smallest absolute Gasteiger partial charge is 0.292 e. The number of nitrogens with one attached hydrogen (secondary N) is 1. The number of hydrogen-bond donors (Lipinski definition) is 1. The molecule has 1 aromatic rings.